The number of amides is 3. The summed E-state index contributed by atoms with van der Waals surface area (Å²) in [4.78, 5) is 48.3. The Balaban J connectivity index is 1.46. The van der Waals surface area contributed by atoms with Gasteiger partial charge in [-0.3, -0.25) is 29.4 Å². The van der Waals surface area contributed by atoms with Crippen molar-refractivity contribution >= 4 is 29.1 Å². The standard InChI is InChI=1S/C18H22N4O5/c23-16(11-21-17(24)12-5-1-2-6-13(12)18(21)25)20-10-9-19-14-7-3-4-8-15(14)22(26)27/h3-4,7-8,12-13,19H,1-2,5-6,9-11H2,(H,20,23)/t12-,13-/m1/s1. The molecule has 2 atom stereocenters. The summed E-state index contributed by atoms with van der Waals surface area (Å²) in [6, 6.07) is 6.24. The summed E-state index contributed by atoms with van der Waals surface area (Å²) in [5.41, 5.74) is 0.324. The van der Waals surface area contributed by atoms with Crippen molar-refractivity contribution in [3.05, 3.63) is 34.4 Å². The number of carbonyl (C=O) groups excluding carboxylic acids is 3. The van der Waals surface area contributed by atoms with Crippen molar-refractivity contribution in [2.24, 2.45) is 11.8 Å². The second-order valence-electron chi connectivity index (χ2n) is 6.81. The highest BCUT2D eigenvalue weighted by atomic mass is 16.6. The van der Waals surface area contributed by atoms with Crippen LogP contribution in [0, 0.1) is 22.0 Å². The second kappa shape index (κ2) is 8.15. The minimum Gasteiger partial charge on any atom is -0.378 e. The van der Waals surface area contributed by atoms with Crippen molar-refractivity contribution in [1.29, 1.82) is 0 Å². The largest absolute Gasteiger partial charge is 0.378 e. The normalized spacial score (nSPS) is 21.7. The highest BCUT2D eigenvalue weighted by Crippen LogP contribution is 2.37. The van der Waals surface area contributed by atoms with E-state index in [9.17, 15) is 24.5 Å². The fourth-order valence-electron chi connectivity index (χ4n) is 3.77. The lowest BCUT2D eigenvalue weighted by Crippen LogP contribution is -2.42. The maximum atomic E-state index is 12.4. The van der Waals surface area contributed by atoms with Gasteiger partial charge >= 0.3 is 0 Å². The summed E-state index contributed by atoms with van der Waals surface area (Å²) in [7, 11) is 0. The predicted octanol–water partition coefficient (Wildman–Crippen LogP) is 1.30. The van der Waals surface area contributed by atoms with Gasteiger partial charge in [0.2, 0.25) is 17.7 Å². The smallest absolute Gasteiger partial charge is 0.292 e. The summed E-state index contributed by atoms with van der Waals surface area (Å²) in [6.45, 7) is 0.230. The molecule has 0 bridgehead atoms. The van der Waals surface area contributed by atoms with E-state index in [1.54, 1.807) is 18.2 Å². The van der Waals surface area contributed by atoms with Crippen LogP contribution in [0.3, 0.4) is 0 Å². The first-order valence-corrected chi connectivity index (χ1v) is 9.08. The molecule has 0 aromatic heterocycles. The maximum absolute atomic E-state index is 12.4. The number of rotatable bonds is 7. The molecule has 1 heterocycles. The van der Waals surface area contributed by atoms with E-state index < -0.39 is 10.8 Å². The maximum Gasteiger partial charge on any atom is 0.292 e. The minimum absolute atomic E-state index is 0.0420. The summed E-state index contributed by atoms with van der Waals surface area (Å²) >= 11 is 0. The molecular formula is C18H22N4O5. The van der Waals surface area contributed by atoms with Crippen LogP contribution >= 0.6 is 0 Å². The topological polar surface area (TPSA) is 122 Å². The third kappa shape index (κ3) is 4.07. The highest BCUT2D eigenvalue weighted by Gasteiger charge is 2.48. The van der Waals surface area contributed by atoms with Crippen molar-refractivity contribution in [3.63, 3.8) is 0 Å². The number of hydrogen-bond donors (Lipinski definition) is 2. The van der Waals surface area contributed by atoms with E-state index in [1.807, 2.05) is 0 Å². The lowest BCUT2D eigenvalue weighted by molar-refractivity contribution is -0.384. The van der Waals surface area contributed by atoms with Crippen LogP contribution in [0.4, 0.5) is 11.4 Å². The number of nitro groups is 1. The van der Waals surface area contributed by atoms with E-state index in [-0.39, 0.29) is 49.0 Å². The predicted molar refractivity (Wildman–Crippen MR) is 96.8 cm³/mol. The number of fused-ring (bicyclic) bond motifs is 1. The molecule has 0 radical (unpaired) electrons. The van der Waals surface area contributed by atoms with Gasteiger partial charge in [0.15, 0.2) is 0 Å². The van der Waals surface area contributed by atoms with E-state index in [2.05, 4.69) is 10.6 Å². The number of hydrogen-bond acceptors (Lipinski definition) is 6. The van der Waals surface area contributed by atoms with E-state index in [1.165, 1.54) is 6.07 Å². The molecule has 1 aromatic carbocycles. The van der Waals surface area contributed by atoms with E-state index >= 15 is 0 Å². The molecule has 0 unspecified atom stereocenters. The van der Waals surface area contributed by atoms with Gasteiger partial charge in [0.05, 0.1) is 16.8 Å². The Labute approximate surface area is 156 Å². The number of likely N-dealkylation sites (tertiary alicyclic amines) is 1. The number of nitrogens with zero attached hydrogens (tertiary/aromatic N) is 2. The zero-order chi connectivity index (χ0) is 19.4. The van der Waals surface area contributed by atoms with Gasteiger partial charge < -0.3 is 10.6 Å². The monoisotopic (exact) mass is 374 g/mol. The number of nitrogens with one attached hydrogen (secondary N) is 2. The lowest BCUT2D eigenvalue weighted by Gasteiger charge is -2.19. The Kier molecular flexibility index (Phi) is 5.68. The first-order chi connectivity index (χ1) is 13.0. The molecule has 1 saturated carbocycles. The van der Waals surface area contributed by atoms with Gasteiger partial charge in [0, 0.05) is 19.2 Å². The fraction of sp³-hybridized carbons (Fsp3) is 0.500. The van der Waals surface area contributed by atoms with Gasteiger partial charge in [-0.2, -0.15) is 0 Å². The van der Waals surface area contributed by atoms with Crippen molar-refractivity contribution in [3.8, 4) is 0 Å². The van der Waals surface area contributed by atoms with Gasteiger partial charge in [0.25, 0.3) is 5.69 Å². The Morgan fingerprint density at radius 1 is 1.11 bits per heavy atom. The van der Waals surface area contributed by atoms with E-state index in [4.69, 9.17) is 0 Å². The van der Waals surface area contributed by atoms with Gasteiger partial charge in [-0.15, -0.1) is 0 Å². The van der Waals surface area contributed by atoms with Gasteiger partial charge in [-0.25, -0.2) is 0 Å². The van der Waals surface area contributed by atoms with Crippen LogP contribution in [0.5, 0.6) is 0 Å². The molecule has 2 N–H and O–H groups in total. The molecule has 0 spiro atoms. The Hall–Kier alpha value is -2.97. The molecule has 1 aromatic rings. The Morgan fingerprint density at radius 2 is 1.74 bits per heavy atom. The van der Waals surface area contributed by atoms with Crippen LogP contribution in [-0.2, 0) is 14.4 Å². The summed E-state index contributed by atoms with van der Waals surface area (Å²) < 4.78 is 0. The molecule has 9 heteroatoms. The first-order valence-electron chi connectivity index (χ1n) is 9.08. The van der Waals surface area contributed by atoms with Crippen LogP contribution in [0.2, 0.25) is 0 Å². The first kappa shape index (κ1) is 18.8. The number of anilines is 1. The molecule has 27 heavy (non-hydrogen) atoms. The third-order valence-corrected chi connectivity index (χ3v) is 5.10. The fourth-order valence-corrected chi connectivity index (χ4v) is 3.77. The zero-order valence-corrected chi connectivity index (χ0v) is 14.8. The molecule has 3 amide bonds. The van der Waals surface area contributed by atoms with Crippen molar-refractivity contribution in [1.82, 2.24) is 10.2 Å². The van der Waals surface area contributed by atoms with Crippen LogP contribution in [0.1, 0.15) is 25.7 Å². The minimum atomic E-state index is -0.481. The van der Waals surface area contributed by atoms with Crippen molar-refractivity contribution in [2.45, 2.75) is 25.7 Å². The van der Waals surface area contributed by atoms with Gasteiger partial charge in [0.1, 0.15) is 12.2 Å². The molecule has 9 nitrogen and oxygen atoms in total. The number of carbonyl (C=O) groups is 3. The third-order valence-electron chi connectivity index (χ3n) is 5.10. The summed E-state index contributed by atoms with van der Waals surface area (Å²) in [5.74, 6) is -1.42. The molecular weight excluding hydrogens is 352 g/mol. The summed E-state index contributed by atoms with van der Waals surface area (Å²) in [5, 5.41) is 16.5. The van der Waals surface area contributed by atoms with Crippen molar-refractivity contribution in [2.75, 3.05) is 25.0 Å². The molecule has 1 aliphatic heterocycles. The van der Waals surface area contributed by atoms with Gasteiger partial charge in [-0.05, 0) is 18.9 Å². The van der Waals surface area contributed by atoms with Crippen LogP contribution in [0.15, 0.2) is 24.3 Å². The van der Waals surface area contributed by atoms with Crippen LogP contribution in [-0.4, -0.2) is 47.2 Å². The molecule has 1 saturated heterocycles. The Morgan fingerprint density at radius 3 is 2.37 bits per heavy atom. The zero-order valence-electron chi connectivity index (χ0n) is 14.8. The summed E-state index contributed by atoms with van der Waals surface area (Å²) in [6.07, 6.45) is 3.31. The molecule has 2 fully saturated rings. The van der Waals surface area contributed by atoms with Gasteiger partial charge in [-0.1, -0.05) is 25.0 Å². The van der Waals surface area contributed by atoms with E-state index in [0.717, 1.165) is 17.7 Å². The SMILES string of the molecule is O=C(CN1C(=O)[C@@H]2CCCC[C@H]2C1=O)NCCNc1ccccc1[N+](=O)[O-]. The number of imide groups is 1. The average molecular weight is 374 g/mol. The molecule has 144 valence electrons. The number of para-hydroxylation sites is 2. The molecule has 3 rings (SSSR count). The number of benzene rings is 1. The molecule has 1 aliphatic carbocycles. The van der Waals surface area contributed by atoms with Crippen LogP contribution in [0.25, 0.3) is 0 Å². The average Bonchev–Trinajstić information content (AvgIpc) is 2.91. The second-order valence-corrected chi connectivity index (χ2v) is 6.81. The van der Waals surface area contributed by atoms with Crippen molar-refractivity contribution < 1.29 is 19.3 Å². The lowest BCUT2D eigenvalue weighted by atomic mass is 9.81. The Bertz CT molecular complexity index is 742. The quantitative estimate of drug-likeness (QED) is 0.321. The van der Waals surface area contributed by atoms with Crippen LogP contribution < -0.4 is 10.6 Å². The number of nitro benzene ring substituents is 1. The molecule has 2 aliphatic rings. The highest BCUT2D eigenvalue weighted by molar-refractivity contribution is 6.07. The van der Waals surface area contributed by atoms with E-state index in [0.29, 0.717) is 18.5 Å².